The van der Waals surface area contributed by atoms with Gasteiger partial charge in [0.25, 0.3) is 5.24 Å². The summed E-state index contributed by atoms with van der Waals surface area (Å²) in [6, 6.07) is 15.2. The first-order chi connectivity index (χ1) is 13.4. The van der Waals surface area contributed by atoms with E-state index in [0.29, 0.717) is 14.5 Å². The fourth-order valence-corrected chi connectivity index (χ4v) is 4.31. The summed E-state index contributed by atoms with van der Waals surface area (Å²) in [5, 5.41) is 17.9. The van der Waals surface area contributed by atoms with Crippen LogP contribution in [0.15, 0.2) is 51.4 Å². The molecular formula is C21H24Br2N2O2S. The van der Waals surface area contributed by atoms with Gasteiger partial charge in [0.1, 0.15) is 5.75 Å². The summed E-state index contributed by atoms with van der Waals surface area (Å²) in [6.45, 7) is 5.96. The number of nitrogens with zero attached hydrogens (tertiary/aromatic N) is 2. The molecule has 2 rings (SSSR count). The molecule has 1 N–H and O–H groups in total. The number of nitriles is 1. The highest BCUT2D eigenvalue weighted by Crippen LogP contribution is 2.32. The summed E-state index contributed by atoms with van der Waals surface area (Å²) in [7, 11) is 0. The van der Waals surface area contributed by atoms with Crippen molar-refractivity contribution < 1.29 is 9.90 Å². The summed E-state index contributed by atoms with van der Waals surface area (Å²) >= 11 is 7.62. The predicted molar refractivity (Wildman–Crippen MR) is 124 cm³/mol. The summed E-state index contributed by atoms with van der Waals surface area (Å²) < 4.78 is 1.03. The molecule has 2 aromatic rings. The van der Waals surface area contributed by atoms with E-state index in [4.69, 9.17) is 5.26 Å². The monoisotopic (exact) mass is 526 g/mol. The van der Waals surface area contributed by atoms with Crippen LogP contribution in [0.3, 0.4) is 0 Å². The van der Waals surface area contributed by atoms with Crippen LogP contribution in [0.2, 0.25) is 0 Å². The molecule has 0 spiro atoms. The number of phenols is 1. The maximum Gasteiger partial charge on any atom is 0.281 e. The van der Waals surface area contributed by atoms with Gasteiger partial charge in [-0.1, -0.05) is 55.9 Å². The van der Waals surface area contributed by atoms with Crippen LogP contribution in [0.5, 0.6) is 5.75 Å². The zero-order valence-electron chi connectivity index (χ0n) is 16.0. The molecule has 28 heavy (non-hydrogen) atoms. The van der Waals surface area contributed by atoms with Crippen molar-refractivity contribution in [2.75, 3.05) is 13.1 Å². The molecule has 0 aliphatic heterocycles. The van der Waals surface area contributed by atoms with Crippen molar-refractivity contribution in [3.8, 4) is 11.8 Å². The Morgan fingerprint density at radius 1 is 1.11 bits per heavy atom. The van der Waals surface area contributed by atoms with E-state index in [2.05, 4.69) is 57.8 Å². The van der Waals surface area contributed by atoms with Gasteiger partial charge in [0, 0.05) is 18.8 Å². The van der Waals surface area contributed by atoms with Gasteiger partial charge in [0.15, 0.2) is 0 Å². The Morgan fingerprint density at radius 2 is 1.64 bits per heavy atom. The molecule has 0 saturated heterocycles. The first-order valence-corrected chi connectivity index (χ1v) is 11.5. The van der Waals surface area contributed by atoms with Gasteiger partial charge in [0.2, 0.25) is 0 Å². The Balaban J connectivity index is 0.000000307. The van der Waals surface area contributed by atoms with Crippen molar-refractivity contribution in [1.29, 1.82) is 5.26 Å². The molecule has 150 valence electrons. The summed E-state index contributed by atoms with van der Waals surface area (Å²) in [4.78, 5) is 13.9. The van der Waals surface area contributed by atoms with E-state index in [0.717, 1.165) is 31.7 Å². The molecule has 0 atom stereocenters. The van der Waals surface area contributed by atoms with E-state index in [9.17, 15) is 9.90 Å². The normalized spacial score (nSPS) is 9.82. The second-order valence-corrected chi connectivity index (χ2v) is 8.56. The molecule has 0 bridgehead atoms. The topological polar surface area (TPSA) is 64.3 Å². The number of carbonyl (C=O) groups is 1. The zero-order valence-corrected chi connectivity index (χ0v) is 20.0. The molecule has 1 amide bonds. The fourth-order valence-electron chi connectivity index (χ4n) is 2.27. The molecule has 0 heterocycles. The minimum absolute atomic E-state index is 0.115. The maximum atomic E-state index is 12.0. The van der Waals surface area contributed by atoms with Crippen molar-refractivity contribution in [2.24, 2.45) is 0 Å². The number of aromatic hydroxyl groups is 1. The molecule has 0 fully saturated rings. The fraction of sp³-hybridized carbons (Fsp3) is 0.333. The van der Waals surface area contributed by atoms with Gasteiger partial charge in [-0.2, -0.15) is 5.26 Å². The molecule has 2 aromatic carbocycles. The van der Waals surface area contributed by atoms with Gasteiger partial charge in [0.05, 0.1) is 20.6 Å². The van der Waals surface area contributed by atoms with Crippen LogP contribution in [-0.4, -0.2) is 28.3 Å². The lowest BCUT2D eigenvalue weighted by molar-refractivity contribution is 0.223. The third kappa shape index (κ3) is 8.68. The molecule has 0 saturated carbocycles. The van der Waals surface area contributed by atoms with E-state index in [-0.39, 0.29) is 11.0 Å². The van der Waals surface area contributed by atoms with Gasteiger partial charge >= 0.3 is 0 Å². The quantitative estimate of drug-likeness (QED) is 0.441. The Hall–Kier alpha value is -1.49. The average molecular weight is 528 g/mol. The van der Waals surface area contributed by atoms with Crippen LogP contribution in [0.1, 0.15) is 37.8 Å². The van der Waals surface area contributed by atoms with E-state index in [1.165, 1.54) is 17.3 Å². The van der Waals surface area contributed by atoms with Gasteiger partial charge in [-0.3, -0.25) is 4.79 Å². The SMILES string of the molecule is CCCN(CCC)C(=O)SCc1ccccc1.N#Cc1cc(Br)c(O)c(Br)c1. The average Bonchev–Trinajstić information content (AvgIpc) is 2.71. The Bertz CT molecular complexity index is 766. The first kappa shape index (κ1) is 24.5. The lowest BCUT2D eigenvalue weighted by Gasteiger charge is -2.20. The van der Waals surface area contributed by atoms with E-state index in [1.807, 2.05) is 29.2 Å². The number of thioether (sulfide) groups is 1. The van der Waals surface area contributed by atoms with E-state index in [1.54, 1.807) is 12.1 Å². The third-order valence-corrected chi connectivity index (χ3v) is 5.79. The minimum Gasteiger partial charge on any atom is -0.506 e. The van der Waals surface area contributed by atoms with Gasteiger partial charge in [-0.25, -0.2) is 0 Å². The second kappa shape index (κ2) is 13.6. The van der Waals surface area contributed by atoms with Crippen LogP contribution < -0.4 is 0 Å². The van der Waals surface area contributed by atoms with Crippen molar-refractivity contribution in [2.45, 2.75) is 32.4 Å². The number of hydrogen-bond donors (Lipinski definition) is 1. The number of amides is 1. The molecule has 0 unspecified atom stereocenters. The molecule has 0 aliphatic rings. The Morgan fingerprint density at radius 3 is 2.11 bits per heavy atom. The Kier molecular flexibility index (Phi) is 12.0. The molecule has 0 radical (unpaired) electrons. The zero-order chi connectivity index (χ0) is 20.9. The van der Waals surface area contributed by atoms with Crippen LogP contribution in [0, 0.1) is 11.3 Å². The van der Waals surface area contributed by atoms with E-state index >= 15 is 0 Å². The highest BCUT2D eigenvalue weighted by molar-refractivity contribution is 9.11. The number of halogens is 2. The number of benzene rings is 2. The van der Waals surface area contributed by atoms with Crippen LogP contribution in [0.4, 0.5) is 4.79 Å². The number of hydrogen-bond acceptors (Lipinski definition) is 4. The Labute approximate surface area is 188 Å². The summed E-state index contributed by atoms with van der Waals surface area (Å²) in [5.41, 5.74) is 1.71. The minimum atomic E-state index is 0.115. The third-order valence-electron chi connectivity index (χ3n) is 3.60. The lowest BCUT2D eigenvalue weighted by Crippen LogP contribution is -2.29. The smallest absolute Gasteiger partial charge is 0.281 e. The number of rotatable bonds is 6. The highest BCUT2D eigenvalue weighted by atomic mass is 79.9. The standard InChI is InChI=1S/C14H21NOS.C7H3Br2NO/c1-3-10-15(11-4-2)14(16)17-12-13-8-6-5-7-9-13;8-5-1-4(3-10)2-6(9)7(5)11/h5-9H,3-4,10-12H2,1-2H3;1-2,11H. The van der Waals surface area contributed by atoms with Gasteiger partial charge in [-0.15, -0.1) is 0 Å². The molecular weight excluding hydrogens is 504 g/mol. The van der Waals surface area contributed by atoms with Crippen molar-refractivity contribution in [1.82, 2.24) is 4.90 Å². The molecule has 0 aliphatic carbocycles. The van der Waals surface area contributed by atoms with Crippen molar-refractivity contribution in [3.63, 3.8) is 0 Å². The molecule has 4 nitrogen and oxygen atoms in total. The number of phenolic OH excluding ortho intramolecular Hbond substituents is 1. The molecule has 0 aromatic heterocycles. The van der Waals surface area contributed by atoms with Crippen molar-refractivity contribution in [3.05, 3.63) is 62.5 Å². The summed E-state index contributed by atoms with van der Waals surface area (Å²) in [5.74, 6) is 0.882. The van der Waals surface area contributed by atoms with Crippen molar-refractivity contribution >= 4 is 48.9 Å². The van der Waals surface area contributed by atoms with E-state index < -0.39 is 0 Å². The first-order valence-electron chi connectivity index (χ1n) is 8.96. The lowest BCUT2D eigenvalue weighted by atomic mass is 10.2. The second-order valence-electron chi connectivity index (χ2n) is 5.93. The van der Waals surface area contributed by atoms with Gasteiger partial charge in [-0.05, 0) is 62.4 Å². The highest BCUT2D eigenvalue weighted by Gasteiger charge is 2.12. The van der Waals surface area contributed by atoms with Crippen LogP contribution in [-0.2, 0) is 5.75 Å². The largest absolute Gasteiger partial charge is 0.506 e. The number of carbonyl (C=O) groups excluding carboxylic acids is 1. The van der Waals surface area contributed by atoms with Gasteiger partial charge < -0.3 is 10.0 Å². The predicted octanol–water partition coefficient (Wildman–Crippen LogP) is 6.95. The molecule has 7 heteroatoms. The van der Waals surface area contributed by atoms with Crippen LogP contribution >= 0.6 is 43.6 Å². The van der Waals surface area contributed by atoms with Crippen LogP contribution in [0.25, 0.3) is 0 Å². The summed E-state index contributed by atoms with van der Waals surface area (Å²) in [6.07, 6.45) is 2.05. The maximum absolute atomic E-state index is 12.0.